The average molecular weight is 518 g/mol. The van der Waals surface area contributed by atoms with Crippen molar-refractivity contribution in [3.05, 3.63) is 90.7 Å². The topological polar surface area (TPSA) is 94.9 Å². The van der Waals surface area contributed by atoms with Gasteiger partial charge in [-0.1, -0.05) is 35.6 Å². The fraction of sp³-hybridized carbons (Fsp3) is 0.250. The molecular weight excluding hydrogens is 490 g/mol. The van der Waals surface area contributed by atoms with Crippen LogP contribution in [0.3, 0.4) is 0 Å². The minimum absolute atomic E-state index is 0.208. The second-order valence-electron chi connectivity index (χ2n) is 8.44. The first kappa shape index (κ1) is 24.6. The summed E-state index contributed by atoms with van der Waals surface area (Å²) in [7, 11) is 1.57. The maximum Gasteiger partial charge on any atom is 0.338 e. The molecule has 0 unspecified atom stereocenters. The van der Waals surface area contributed by atoms with Gasteiger partial charge in [-0.3, -0.25) is 9.36 Å². The first-order chi connectivity index (χ1) is 18.0. The summed E-state index contributed by atoms with van der Waals surface area (Å²) in [5, 5.41) is 1.02. The van der Waals surface area contributed by atoms with E-state index in [2.05, 4.69) is 9.98 Å². The maximum atomic E-state index is 13.9. The number of aromatic nitrogens is 2. The van der Waals surface area contributed by atoms with Crippen molar-refractivity contribution in [1.82, 2.24) is 9.55 Å². The van der Waals surface area contributed by atoms with Crippen LogP contribution in [-0.2, 0) is 9.53 Å². The maximum absolute atomic E-state index is 13.9. The Morgan fingerprint density at radius 3 is 2.73 bits per heavy atom. The molecule has 0 spiro atoms. The Morgan fingerprint density at radius 1 is 1.16 bits per heavy atom. The van der Waals surface area contributed by atoms with Gasteiger partial charge in [0.05, 0.1) is 42.2 Å². The lowest BCUT2D eigenvalue weighted by atomic mass is 9.95. The highest BCUT2D eigenvalue weighted by Crippen LogP contribution is 2.36. The van der Waals surface area contributed by atoms with Crippen LogP contribution in [0.2, 0.25) is 0 Å². The Balaban J connectivity index is 1.74. The van der Waals surface area contributed by atoms with E-state index in [1.165, 1.54) is 11.3 Å². The third kappa shape index (κ3) is 4.35. The molecular formula is C28H27N3O5S. The lowest BCUT2D eigenvalue weighted by Crippen LogP contribution is -2.40. The molecule has 8 nitrogen and oxygen atoms in total. The second-order valence-corrected chi connectivity index (χ2v) is 9.44. The van der Waals surface area contributed by atoms with Crippen LogP contribution in [0.1, 0.15) is 37.9 Å². The van der Waals surface area contributed by atoms with Crippen molar-refractivity contribution in [2.24, 2.45) is 4.99 Å². The van der Waals surface area contributed by atoms with Crippen molar-refractivity contribution < 1.29 is 19.0 Å². The minimum atomic E-state index is -0.731. The van der Waals surface area contributed by atoms with Gasteiger partial charge in [0.25, 0.3) is 5.56 Å². The van der Waals surface area contributed by atoms with E-state index in [0.29, 0.717) is 44.3 Å². The number of ether oxygens (including phenoxy) is 3. The van der Waals surface area contributed by atoms with Crippen LogP contribution in [0, 0.1) is 0 Å². The molecule has 190 valence electrons. The van der Waals surface area contributed by atoms with Crippen LogP contribution in [-0.4, -0.2) is 35.8 Å². The summed E-state index contributed by atoms with van der Waals surface area (Å²) >= 11 is 1.29. The number of H-pyrrole nitrogens is 1. The number of aromatic amines is 1. The summed E-state index contributed by atoms with van der Waals surface area (Å²) in [5.74, 6) is 0.588. The molecule has 1 N–H and O–H groups in total. The number of carbonyl (C=O) groups excluding carboxylic acids is 1. The zero-order valence-electron chi connectivity index (χ0n) is 21.0. The number of nitrogens with one attached hydrogen (secondary N) is 1. The molecule has 0 aliphatic carbocycles. The third-order valence-electron chi connectivity index (χ3n) is 6.23. The smallest absolute Gasteiger partial charge is 0.338 e. The van der Waals surface area contributed by atoms with Gasteiger partial charge in [0.15, 0.2) is 16.3 Å². The lowest BCUT2D eigenvalue weighted by Gasteiger charge is -2.25. The number of rotatable bonds is 7. The number of thiazole rings is 1. The van der Waals surface area contributed by atoms with Crippen molar-refractivity contribution >= 4 is 34.3 Å². The Labute approximate surface area is 217 Å². The molecule has 4 aromatic rings. The molecule has 0 amide bonds. The number of para-hydroxylation sites is 1. The van der Waals surface area contributed by atoms with Gasteiger partial charge in [-0.15, -0.1) is 0 Å². The van der Waals surface area contributed by atoms with Gasteiger partial charge in [-0.2, -0.15) is 0 Å². The zero-order valence-corrected chi connectivity index (χ0v) is 21.8. The van der Waals surface area contributed by atoms with Crippen molar-refractivity contribution in [3.8, 4) is 11.5 Å². The van der Waals surface area contributed by atoms with Gasteiger partial charge in [0, 0.05) is 22.7 Å². The van der Waals surface area contributed by atoms with E-state index in [4.69, 9.17) is 14.2 Å². The summed E-state index contributed by atoms with van der Waals surface area (Å²) in [6.45, 7) is 6.05. The van der Waals surface area contributed by atoms with E-state index in [1.54, 1.807) is 31.6 Å². The Morgan fingerprint density at radius 2 is 1.97 bits per heavy atom. The standard InChI is InChI=1S/C28H27N3O5S/c1-5-35-22-13-17(11-12-21(22)34-4)25-24(27(33)36-6-2)16(3)30-28-31(25)26(32)23(37-28)14-18-15-29-20-10-8-7-9-19(18)20/h7-15,25,29H,5-6H2,1-4H3/b23-14+/t25-/m1/s1. The van der Waals surface area contributed by atoms with Gasteiger partial charge in [-0.25, -0.2) is 9.79 Å². The molecule has 0 radical (unpaired) electrons. The van der Waals surface area contributed by atoms with E-state index < -0.39 is 12.0 Å². The van der Waals surface area contributed by atoms with Crippen LogP contribution >= 0.6 is 11.3 Å². The molecule has 9 heteroatoms. The second kappa shape index (κ2) is 10.1. The predicted octanol–water partition coefficient (Wildman–Crippen LogP) is 3.69. The number of esters is 1. The monoisotopic (exact) mass is 517 g/mol. The van der Waals surface area contributed by atoms with Crippen LogP contribution in [0.15, 0.2) is 69.7 Å². The number of fused-ring (bicyclic) bond motifs is 2. The largest absolute Gasteiger partial charge is 0.493 e. The Kier molecular flexibility index (Phi) is 6.71. The number of hydrogen-bond acceptors (Lipinski definition) is 7. The van der Waals surface area contributed by atoms with E-state index in [1.807, 2.05) is 55.6 Å². The number of methoxy groups -OCH3 is 1. The number of carbonyl (C=O) groups is 1. The van der Waals surface area contributed by atoms with E-state index >= 15 is 0 Å². The molecule has 37 heavy (non-hydrogen) atoms. The molecule has 5 rings (SSSR count). The number of nitrogens with zero attached hydrogens (tertiary/aromatic N) is 2. The summed E-state index contributed by atoms with van der Waals surface area (Å²) in [6.07, 6.45) is 3.75. The number of hydrogen-bond donors (Lipinski definition) is 1. The van der Waals surface area contributed by atoms with Crippen LogP contribution < -0.4 is 24.4 Å². The van der Waals surface area contributed by atoms with Crippen molar-refractivity contribution in [2.45, 2.75) is 26.8 Å². The summed E-state index contributed by atoms with van der Waals surface area (Å²) in [4.78, 5) is 35.4. The fourth-order valence-electron chi connectivity index (χ4n) is 4.59. The molecule has 1 aliphatic heterocycles. The average Bonchev–Trinajstić information content (AvgIpc) is 3.44. The normalized spacial score (nSPS) is 15.5. The number of benzene rings is 2. The highest BCUT2D eigenvalue weighted by atomic mass is 32.1. The van der Waals surface area contributed by atoms with Crippen molar-refractivity contribution in [3.63, 3.8) is 0 Å². The van der Waals surface area contributed by atoms with E-state index in [9.17, 15) is 9.59 Å². The van der Waals surface area contributed by atoms with Crippen molar-refractivity contribution in [2.75, 3.05) is 20.3 Å². The third-order valence-corrected chi connectivity index (χ3v) is 7.21. The SMILES string of the molecule is CCOC(=O)C1=C(C)N=c2s/c(=C/c3c[nH]c4ccccc34)c(=O)n2[C@@H]1c1ccc(OC)c(OCC)c1. The van der Waals surface area contributed by atoms with E-state index in [-0.39, 0.29) is 12.2 Å². The zero-order chi connectivity index (χ0) is 26.1. The molecule has 0 saturated heterocycles. The molecule has 0 saturated carbocycles. The van der Waals surface area contributed by atoms with Gasteiger partial charge in [-0.05, 0) is 50.6 Å². The number of allylic oxidation sites excluding steroid dienone is 1. The van der Waals surface area contributed by atoms with Gasteiger partial charge in [0.2, 0.25) is 0 Å². The predicted molar refractivity (Wildman–Crippen MR) is 143 cm³/mol. The van der Waals surface area contributed by atoms with Gasteiger partial charge in [0.1, 0.15) is 0 Å². The fourth-order valence-corrected chi connectivity index (χ4v) is 5.63. The summed E-state index contributed by atoms with van der Waals surface area (Å²) < 4.78 is 18.7. The lowest BCUT2D eigenvalue weighted by molar-refractivity contribution is -0.139. The highest BCUT2D eigenvalue weighted by Gasteiger charge is 2.34. The van der Waals surface area contributed by atoms with Gasteiger partial charge >= 0.3 is 5.97 Å². The first-order valence-corrected chi connectivity index (χ1v) is 12.8. The van der Waals surface area contributed by atoms with E-state index in [0.717, 1.165) is 16.5 Å². The molecule has 2 aromatic heterocycles. The molecule has 2 aromatic carbocycles. The quantitative estimate of drug-likeness (QED) is 0.378. The first-order valence-electron chi connectivity index (χ1n) is 12.0. The highest BCUT2D eigenvalue weighted by molar-refractivity contribution is 7.07. The summed E-state index contributed by atoms with van der Waals surface area (Å²) in [6, 6.07) is 12.6. The minimum Gasteiger partial charge on any atom is -0.493 e. The molecule has 1 aliphatic rings. The molecule has 0 bridgehead atoms. The Bertz CT molecular complexity index is 1710. The Hall–Kier alpha value is -4.11. The molecule has 0 fully saturated rings. The van der Waals surface area contributed by atoms with Crippen LogP contribution in [0.4, 0.5) is 0 Å². The van der Waals surface area contributed by atoms with Gasteiger partial charge < -0.3 is 19.2 Å². The van der Waals surface area contributed by atoms with Crippen LogP contribution in [0.25, 0.3) is 17.0 Å². The van der Waals surface area contributed by atoms with Crippen LogP contribution in [0.5, 0.6) is 11.5 Å². The van der Waals surface area contributed by atoms with Crippen molar-refractivity contribution in [1.29, 1.82) is 0 Å². The molecule has 3 heterocycles. The molecule has 1 atom stereocenters. The summed E-state index contributed by atoms with van der Waals surface area (Å²) in [5.41, 5.74) is 3.18.